The molecule has 0 saturated heterocycles. The molecule has 95 heavy (non-hydrogen) atoms. The van der Waals surface area contributed by atoms with Gasteiger partial charge in [-0.3, -0.25) is 19.8 Å². The van der Waals surface area contributed by atoms with Crippen molar-refractivity contribution in [3.8, 4) is 11.5 Å². The van der Waals surface area contributed by atoms with Gasteiger partial charge in [0.2, 0.25) is 23.5 Å². The number of rotatable bonds is 2. The predicted molar refractivity (Wildman–Crippen MR) is 374 cm³/mol. The Morgan fingerprint density at radius 1 is 0.400 bits per heavy atom. The number of aromatic nitrogens is 1. The van der Waals surface area contributed by atoms with Crippen LogP contribution in [0.4, 0.5) is 28.4 Å². The Morgan fingerprint density at radius 2 is 0.811 bits per heavy atom. The molecule has 6 heterocycles. The zero-order valence-electron chi connectivity index (χ0n) is 51.5. The molecule has 5 aliphatic heterocycles. The fourth-order valence-corrected chi connectivity index (χ4v) is 11.2. The predicted octanol–water partition coefficient (Wildman–Crippen LogP) is 16.7. The second kappa shape index (κ2) is 29.9. The van der Waals surface area contributed by atoms with Gasteiger partial charge in [0.05, 0.1) is 39.8 Å². The molecule has 0 fully saturated rings. The Kier molecular flexibility index (Phi) is 20.5. The Hall–Kier alpha value is -11.4. The Labute approximate surface area is 581 Å². The van der Waals surface area contributed by atoms with Crippen molar-refractivity contribution in [1.29, 1.82) is 0 Å². The van der Waals surface area contributed by atoms with Crippen LogP contribution in [0.3, 0.4) is 0 Å². The van der Waals surface area contributed by atoms with Crippen LogP contribution in [0, 0.1) is 81.6 Å². The van der Waals surface area contributed by atoms with Crippen LogP contribution >= 0.6 is 0 Å². The first-order valence-electron chi connectivity index (χ1n) is 30.0. The number of ether oxygens (including phenoxy) is 2. The molecule has 0 radical (unpaired) electrons. The van der Waals surface area contributed by atoms with E-state index in [0.717, 1.165) is 102 Å². The third kappa shape index (κ3) is 14.0. The minimum absolute atomic E-state index is 0. The van der Waals surface area contributed by atoms with Crippen LogP contribution in [0.25, 0.3) is 67.2 Å². The van der Waals surface area contributed by atoms with Gasteiger partial charge in [0.15, 0.2) is 5.58 Å². The maximum absolute atomic E-state index is 5.75. The van der Waals surface area contributed by atoms with Crippen molar-refractivity contribution < 1.29 is 81.2 Å². The molecule has 6 aliphatic rings. The van der Waals surface area contributed by atoms with E-state index < -0.39 is 0 Å². The molecular formula is C84H60Ir2N6O3. The number of nitrogens with zero attached hydrogens (tertiary/aromatic N) is 6. The largest absolute Gasteiger partial charge is 3.00 e. The number of para-hydroxylation sites is 6. The Morgan fingerprint density at radius 3 is 1.21 bits per heavy atom. The van der Waals surface area contributed by atoms with Crippen molar-refractivity contribution in [3.63, 3.8) is 0 Å². The molecule has 0 N–H and O–H groups in total. The van der Waals surface area contributed by atoms with E-state index in [4.69, 9.17) is 13.9 Å². The smallest absolute Gasteiger partial charge is 0.487 e. The second-order valence-corrected chi connectivity index (χ2v) is 21.6. The number of allylic oxidation sites excluding steroid dienone is 4. The zero-order chi connectivity index (χ0) is 63.6. The summed E-state index contributed by atoms with van der Waals surface area (Å²) in [6, 6.07) is 85.8. The molecule has 11 aromatic carbocycles. The third-order valence-corrected chi connectivity index (χ3v) is 15.7. The summed E-state index contributed by atoms with van der Waals surface area (Å²) in [7, 11) is 0. The molecular weight excluding hydrogens is 1530 g/mol. The molecule has 1 aromatic heterocycles. The minimum Gasteiger partial charge on any atom is -0.487 e. The van der Waals surface area contributed by atoms with E-state index in [2.05, 4.69) is 150 Å². The first-order valence-corrected chi connectivity index (χ1v) is 30.0. The monoisotopic (exact) mass is 1590 g/mol. The average molecular weight is 1590 g/mol. The molecule has 9 nitrogen and oxygen atoms in total. The van der Waals surface area contributed by atoms with Crippen LogP contribution in [-0.2, 0) is 40.2 Å². The number of benzene rings is 11. The molecule has 0 atom stereocenters. The summed E-state index contributed by atoms with van der Waals surface area (Å²) < 4.78 is 28.3. The molecule has 18 rings (SSSR count). The number of oxazole rings is 1. The molecule has 0 bridgehead atoms. The molecule has 0 unspecified atom stereocenters. The van der Waals surface area contributed by atoms with Gasteiger partial charge in [-0.1, -0.05) is 131 Å². The maximum atomic E-state index is 5.75. The summed E-state index contributed by atoms with van der Waals surface area (Å²) in [6.07, 6.45) is 24.6. The van der Waals surface area contributed by atoms with Crippen molar-refractivity contribution in [1.82, 2.24) is 0 Å². The van der Waals surface area contributed by atoms with Crippen LogP contribution in [0.5, 0.6) is 11.5 Å². The molecule has 1 aliphatic carbocycles. The van der Waals surface area contributed by atoms with E-state index in [9.17, 15) is 0 Å². The number of hydrogen-bond donors (Lipinski definition) is 0. The molecule has 0 saturated carbocycles. The van der Waals surface area contributed by atoms with Crippen molar-refractivity contribution in [2.45, 2.75) is 0 Å². The summed E-state index contributed by atoms with van der Waals surface area (Å²) >= 11 is 0. The average Bonchev–Trinajstić information content (AvgIpc) is 1.83. The van der Waals surface area contributed by atoms with Crippen LogP contribution in [0.2, 0.25) is 0 Å². The van der Waals surface area contributed by atoms with Crippen molar-refractivity contribution in [2.24, 2.45) is 0 Å². The van der Waals surface area contributed by atoms with Crippen molar-refractivity contribution in [2.75, 3.05) is 0 Å². The van der Waals surface area contributed by atoms with Gasteiger partial charge in [-0.2, -0.15) is 17.7 Å². The van der Waals surface area contributed by atoms with E-state index in [-0.39, 0.29) is 40.2 Å². The summed E-state index contributed by atoms with van der Waals surface area (Å²) in [5, 5.41) is 7.00. The quantitative estimate of drug-likeness (QED) is 0.128. The SMILES string of the molecule is C=[N+]1[CH-]C=Cc2ccc3ccc[c-]c3c21.C=[N+]1[CH-]C=Cc2ccc3ccc[c-]c3c21.C=[N+]1[CH-]C=Cc2ccc3ccc[c-]c3c21.C=[N+]1c2ccccc2O[C-]1c1[c-]cccc1.C=[N+]1c2ccccc2O[C-]1c1[c-]cccc1.C=[n+]1c(=C2[C-]=CC=C[CH-]2)oc2ccccc21.[Ir+3].[Ir+3]. The van der Waals surface area contributed by atoms with Gasteiger partial charge in [-0.05, 0) is 34.9 Å². The zero-order valence-corrected chi connectivity index (χ0v) is 56.3. The first kappa shape index (κ1) is 65.1. The van der Waals surface area contributed by atoms with Gasteiger partial charge in [-0.25, -0.2) is 41.0 Å². The van der Waals surface area contributed by atoms with E-state index in [1.807, 2.05) is 234 Å². The molecule has 0 spiro atoms. The van der Waals surface area contributed by atoms with Gasteiger partial charge in [0, 0.05) is 19.5 Å². The van der Waals surface area contributed by atoms with Crippen LogP contribution in [-0.4, -0.2) is 56.5 Å². The second-order valence-electron chi connectivity index (χ2n) is 21.6. The van der Waals surface area contributed by atoms with Gasteiger partial charge in [0.25, 0.3) is 0 Å². The van der Waals surface area contributed by atoms with Crippen LogP contribution in [0.15, 0.2) is 253 Å². The fraction of sp³-hybridized carbons (Fsp3) is 0. The summed E-state index contributed by atoms with van der Waals surface area (Å²) in [6.45, 7) is 29.8. The van der Waals surface area contributed by atoms with E-state index in [1.165, 1.54) is 32.8 Å². The molecule has 462 valence electrons. The molecule has 0 amide bonds. The summed E-state index contributed by atoms with van der Waals surface area (Å²) in [5.74, 6) is 1.68. The van der Waals surface area contributed by atoms with E-state index >= 15 is 0 Å². The molecule has 11 heteroatoms. The van der Waals surface area contributed by atoms with Gasteiger partial charge in [-0.15, -0.1) is 143 Å². The van der Waals surface area contributed by atoms with E-state index in [1.54, 1.807) is 13.4 Å². The van der Waals surface area contributed by atoms with Crippen molar-refractivity contribution in [3.05, 3.63) is 364 Å². The topological polar surface area (TPSA) is 52.6 Å². The summed E-state index contributed by atoms with van der Waals surface area (Å²) in [5.41, 5.74) is 14.2. The Balaban J connectivity index is 0.000000116. The Bertz CT molecular complexity index is 4850. The van der Waals surface area contributed by atoms with Crippen molar-refractivity contribution >= 4 is 129 Å². The first-order chi connectivity index (χ1) is 45.7. The van der Waals surface area contributed by atoms with Gasteiger partial charge >= 0.3 is 40.2 Å². The van der Waals surface area contributed by atoms with Crippen LogP contribution in [0.1, 0.15) is 27.8 Å². The van der Waals surface area contributed by atoms with E-state index in [0.29, 0.717) is 0 Å². The number of hydrogen-bond acceptors (Lipinski definition) is 3. The fourth-order valence-electron chi connectivity index (χ4n) is 11.2. The third-order valence-electron chi connectivity index (χ3n) is 15.7. The van der Waals surface area contributed by atoms with Crippen LogP contribution < -0.4 is 19.3 Å². The van der Waals surface area contributed by atoms with Gasteiger partial charge < -0.3 is 23.0 Å². The summed E-state index contributed by atoms with van der Waals surface area (Å²) in [4.78, 5) is 0. The number of fused-ring (bicyclic) bond motifs is 12. The normalized spacial score (nSPS) is 14.0. The minimum atomic E-state index is 0. The van der Waals surface area contributed by atoms with Gasteiger partial charge in [0.1, 0.15) is 46.7 Å². The maximum Gasteiger partial charge on any atom is 3.00 e. The molecule has 12 aromatic rings. The standard InChI is InChI=1S/3C14H10NO.3C14H10N.2Ir/c3*1-15-12-9-5-6-10-13(12)16-14(15)11-7-3-2-4-8-11;3*1-15-10-4-6-12-9-8-11-5-2-3-7-13(11)14(12)15;;/h3*2-7,9-10H,1H2;3*2-6,8-10H,1H2;;/q6*-1;2*+3.